The Labute approximate surface area is 194 Å². The van der Waals surface area contributed by atoms with Gasteiger partial charge in [0, 0.05) is 74.1 Å². The summed E-state index contributed by atoms with van der Waals surface area (Å²) in [5.41, 5.74) is 6.40. The summed E-state index contributed by atoms with van der Waals surface area (Å²) < 4.78 is 2.07. The molecule has 2 aliphatic heterocycles. The molecule has 5 rings (SSSR count). The number of rotatable bonds is 5. The lowest BCUT2D eigenvalue weighted by molar-refractivity contribution is 0.115. The number of thioether (sulfide) groups is 1. The van der Waals surface area contributed by atoms with E-state index in [4.69, 9.17) is 0 Å². The van der Waals surface area contributed by atoms with Crippen LogP contribution in [0.5, 0.6) is 0 Å². The van der Waals surface area contributed by atoms with E-state index in [1.807, 2.05) is 6.07 Å². The second kappa shape index (κ2) is 8.80. The lowest BCUT2D eigenvalue weighted by Gasteiger charge is -2.43. The zero-order chi connectivity index (χ0) is 22.2. The maximum Gasteiger partial charge on any atom is 0.250 e. The molecular weight excluding hydrogens is 414 g/mol. The van der Waals surface area contributed by atoms with E-state index in [9.17, 15) is 4.79 Å². The highest BCUT2D eigenvalue weighted by atomic mass is 32.2. The fourth-order valence-corrected chi connectivity index (χ4v) is 5.82. The first-order valence-electron chi connectivity index (χ1n) is 11.4. The molecule has 4 nitrogen and oxygen atoms in total. The van der Waals surface area contributed by atoms with E-state index in [-0.39, 0.29) is 5.56 Å². The van der Waals surface area contributed by atoms with Gasteiger partial charge in [-0.05, 0) is 60.1 Å². The van der Waals surface area contributed by atoms with Gasteiger partial charge in [-0.25, -0.2) is 0 Å². The van der Waals surface area contributed by atoms with Gasteiger partial charge >= 0.3 is 0 Å². The molecule has 0 amide bonds. The zero-order valence-electron chi connectivity index (χ0n) is 19.1. The summed E-state index contributed by atoms with van der Waals surface area (Å²) >= 11 is 1.76. The van der Waals surface area contributed by atoms with Crippen LogP contribution in [-0.2, 0) is 13.1 Å². The summed E-state index contributed by atoms with van der Waals surface area (Å²) in [6.07, 6.45) is 3.28. The Kier molecular flexibility index (Phi) is 5.87. The van der Waals surface area contributed by atoms with Crippen molar-refractivity contribution < 1.29 is 0 Å². The molecule has 0 saturated carbocycles. The summed E-state index contributed by atoms with van der Waals surface area (Å²) in [4.78, 5) is 18.8. The zero-order valence-corrected chi connectivity index (χ0v) is 19.9. The van der Waals surface area contributed by atoms with E-state index in [0.717, 1.165) is 26.2 Å². The Bertz CT molecular complexity index is 1150. The van der Waals surface area contributed by atoms with E-state index in [2.05, 4.69) is 83.2 Å². The van der Waals surface area contributed by atoms with Crippen molar-refractivity contribution in [1.82, 2.24) is 9.47 Å². The van der Waals surface area contributed by atoms with Crippen LogP contribution in [0.3, 0.4) is 0 Å². The molecule has 1 saturated heterocycles. The van der Waals surface area contributed by atoms with Crippen LogP contribution in [0.25, 0.3) is 11.1 Å². The molecule has 166 valence electrons. The van der Waals surface area contributed by atoms with Crippen LogP contribution in [-0.4, -0.2) is 42.9 Å². The first kappa shape index (κ1) is 21.4. The molecule has 1 fully saturated rings. The van der Waals surface area contributed by atoms with Gasteiger partial charge in [0.25, 0.3) is 5.56 Å². The normalized spacial score (nSPS) is 20.1. The summed E-state index contributed by atoms with van der Waals surface area (Å²) in [6, 6.07) is 21.5. The van der Waals surface area contributed by atoms with Crippen LogP contribution >= 0.6 is 11.8 Å². The number of hydrogen-bond donors (Lipinski definition) is 0. The van der Waals surface area contributed by atoms with Gasteiger partial charge in [-0.3, -0.25) is 9.69 Å². The van der Waals surface area contributed by atoms with Gasteiger partial charge in [0.1, 0.15) is 0 Å². The van der Waals surface area contributed by atoms with Crippen LogP contribution in [0.4, 0.5) is 5.69 Å². The second-order valence-corrected chi connectivity index (χ2v) is 10.2. The minimum Gasteiger partial charge on any atom is -0.378 e. The molecule has 0 aliphatic carbocycles. The van der Waals surface area contributed by atoms with E-state index >= 15 is 0 Å². The van der Waals surface area contributed by atoms with Crippen LogP contribution in [0.1, 0.15) is 23.6 Å². The third-order valence-corrected chi connectivity index (χ3v) is 7.67. The quantitative estimate of drug-likeness (QED) is 0.521. The first-order chi connectivity index (χ1) is 15.5. The number of aromatic nitrogens is 1. The van der Waals surface area contributed by atoms with Gasteiger partial charge in [-0.2, -0.15) is 0 Å². The number of piperidine rings is 1. The number of anilines is 1. The van der Waals surface area contributed by atoms with Crippen molar-refractivity contribution in [2.24, 2.45) is 5.92 Å². The van der Waals surface area contributed by atoms with Crippen LogP contribution < -0.4 is 10.5 Å². The standard InChI is InChI=1S/C27H31N3OS/c1-28(2)23-8-4-19(5-9-23)15-29-16-20-14-22(18-29)27-25(12-13-26(31)30(27)17-20)21-6-10-24(32-3)11-7-21/h4-13,20,22H,14-18H2,1-3H3/t20-,22+/m0/s1. The monoisotopic (exact) mass is 445 g/mol. The van der Waals surface area contributed by atoms with Crippen molar-refractivity contribution in [2.45, 2.75) is 30.3 Å². The molecule has 2 atom stereocenters. The van der Waals surface area contributed by atoms with Gasteiger partial charge in [0.05, 0.1) is 0 Å². The highest BCUT2D eigenvalue weighted by Gasteiger charge is 2.36. The molecule has 3 aromatic rings. The molecule has 32 heavy (non-hydrogen) atoms. The van der Waals surface area contributed by atoms with Gasteiger partial charge in [0.2, 0.25) is 0 Å². The molecule has 1 aromatic heterocycles. The van der Waals surface area contributed by atoms with Crippen molar-refractivity contribution in [3.05, 3.63) is 82.3 Å². The maximum atomic E-state index is 12.8. The van der Waals surface area contributed by atoms with Gasteiger partial charge in [0.15, 0.2) is 0 Å². The summed E-state index contributed by atoms with van der Waals surface area (Å²) in [5.74, 6) is 0.932. The second-order valence-electron chi connectivity index (χ2n) is 9.36. The number of fused-ring (bicyclic) bond motifs is 4. The topological polar surface area (TPSA) is 28.5 Å². The summed E-state index contributed by atoms with van der Waals surface area (Å²) in [6.45, 7) is 3.86. The number of likely N-dealkylation sites (tertiary alicyclic amines) is 1. The van der Waals surface area contributed by atoms with Crippen molar-refractivity contribution in [1.29, 1.82) is 0 Å². The maximum absolute atomic E-state index is 12.8. The number of benzene rings is 2. The van der Waals surface area contributed by atoms with Crippen LogP contribution in [0, 0.1) is 5.92 Å². The summed E-state index contributed by atoms with van der Waals surface area (Å²) in [7, 11) is 4.15. The third kappa shape index (κ3) is 4.12. The molecule has 5 heteroatoms. The lowest BCUT2D eigenvalue weighted by Crippen LogP contribution is -2.47. The van der Waals surface area contributed by atoms with Gasteiger partial charge in [-0.1, -0.05) is 24.3 Å². The Morgan fingerprint density at radius 1 is 0.938 bits per heavy atom. The first-order valence-corrected chi connectivity index (χ1v) is 12.6. The molecule has 0 radical (unpaired) electrons. The SMILES string of the molecule is CSc1ccc(-c2ccc(=O)n3c2[C@@H]2C[C@@H](CN(Cc4ccc(N(C)C)cc4)C2)C3)cc1. The average molecular weight is 446 g/mol. The van der Waals surface area contributed by atoms with Gasteiger partial charge < -0.3 is 9.47 Å². The molecule has 2 bridgehead atoms. The highest BCUT2D eigenvalue weighted by molar-refractivity contribution is 7.98. The minimum atomic E-state index is 0.145. The summed E-state index contributed by atoms with van der Waals surface area (Å²) in [5, 5.41) is 0. The van der Waals surface area contributed by atoms with Gasteiger partial charge in [-0.15, -0.1) is 11.8 Å². The van der Waals surface area contributed by atoms with E-state index in [0.29, 0.717) is 11.8 Å². The minimum absolute atomic E-state index is 0.145. The predicted octanol–water partition coefficient (Wildman–Crippen LogP) is 4.92. The van der Waals surface area contributed by atoms with Crippen molar-refractivity contribution in [3.8, 4) is 11.1 Å². The van der Waals surface area contributed by atoms with Crippen LogP contribution in [0.15, 0.2) is 70.4 Å². The molecule has 2 aromatic carbocycles. The van der Waals surface area contributed by atoms with Crippen molar-refractivity contribution in [2.75, 3.05) is 38.3 Å². The molecule has 0 N–H and O–H groups in total. The predicted molar refractivity (Wildman–Crippen MR) is 135 cm³/mol. The molecular formula is C27H31N3OS. The number of nitrogens with zero attached hydrogens (tertiary/aromatic N) is 3. The Morgan fingerprint density at radius 2 is 1.69 bits per heavy atom. The molecule has 3 heterocycles. The van der Waals surface area contributed by atoms with E-state index < -0.39 is 0 Å². The van der Waals surface area contributed by atoms with Crippen molar-refractivity contribution in [3.63, 3.8) is 0 Å². The molecule has 0 unspecified atom stereocenters. The third-order valence-electron chi connectivity index (χ3n) is 6.93. The van der Waals surface area contributed by atoms with E-state index in [1.54, 1.807) is 17.8 Å². The number of pyridine rings is 1. The Balaban J connectivity index is 1.43. The van der Waals surface area contributed by atoms with Crippen LogP contribution in [0.2, 0.25) is 0 Å². The number of hydrogen-bond acceptors (Lipinski definition) is 4. The molecule has 0 spiro atoms. The lowest BCUT2D eigenvalue weighted by atomic mass is 9.80. The van der Waals surface area contributed by atoms with E-state index in [1.165, 1.54) is 39.4 Å². The fourth-order valence-electron chi connectivity index (χ4n) is 5.42. The largest absolute Gasteiger partial charge is 0.378 e. The van der Waals surface area contributed by atoms with Crippen molar-refractivity contribution >= 4 is 17.4 Å². The smallest absolute Gasteiger partial charge is 0.250 e. The highest BCUT2D eigenvalue weighted by Crippen LogP contribution is 2.40. The fraction of sp³-hybridized carbons (Fsp3) is 0.370. The Morgan fingerprint density at radius 3 is 2.38 bits per heavy atom. The molecule has 2 aliphatic rings. The average Bonchev–Trinajstić information content (AvgIpc) is 2.80. The Hall–Kier alpha value is -2.50.